The van der Waals surface area contributed by atoms with Crippen molar-refractivity contribution in [3.8, 4) is 0 Å². The predicted octanol–water partition coefficient (Wildman–Crippen LogP) is 1.89. The third-order valence-corrected chi connectivity index (χ3v) is 4.01. The Hall–Kier alpha value is -1.88. The number of nitrogens with one attached hydrogen (secondary N) is 2. The van der Waals surface area contributed by atoms with E-state index in [9.17, 15) is 9.59 Å². The van der Waals surface area contributed by atoms with Gasteiger partial charge in [0.25, 0.3) is 5.91 Å². The van der Waals surface area contributed by atoms with E-state index in [1.165, 1.54) is 0 Å². The number of amides is 2. The molecular formula is C16H23N3O2. The average Bonchev–Trinajstić information content (AvgIpc) is 2.94. The van der Waals surface area contributed by atoms with E-state index in [1.54, 1.807) is 31.2 Å². The van der Waals surface area contributed by atoms with Gasteiger partial charge in [-0.25, -0.2) is 0 Å². The van der Waals surface area contributed by atoms with Crippen LogP contribution in [-0.2, 0) is 4.79 Å². The van der Waals surface area contributed by atoms with Crippen LogP contribution in [0.25, 0.3) is 0 Å². The van der Waals surface area contributed by atoms with Crippen molar-refractivity contribution in [3.05, 3.63) is 29.8 Å². The zero-order valence-corrected chi connectivity index (χ0v) is 12.4. The van der Waals surface area contributed by atoms with Crippen molar-refractivity contribution in [2.75, 3.05) is 11.9 Å². The first-order chi connectivity index (χ1) is 10.1. The van der Waals surface area contributed by atoms with Gasteiger partial charge >= 0.3 is 0 Å². The summed E-state index contributed by atoms with van der Waals surface area (Å²) in [5.74, 6) is 0.205. The Morgan fingerprint density at radius 1 is 1.33 bits per heavy atom. The van der Waals surface area contributed by atoms with Crippen molar-refractivity contribution in [1.82, 2.24) is 5.32 Å². The van der Waals surface area contributed by atoms with Gasteiger partial charge in [0.1, 0.15) is 0 Å². The van der Waals surface area contributed by atoms with Crippen LogP contribution in [0.3, 0.4) is 0 Å². The van der Waals surface area contributed by atoms with Crippen LogP contribution < -0.4 is 16.4 Å². The molecule has 2 amide bonds. The second-order valence-electron chi connectivity index (χ2n) is 5.49. The summed E-state index contributed by atoms with van der Waals surface area (Å²) in [5.41, 5.74) is 6.95. The average molecular weight is 289 g/mol. The Kier molecular flexibility index (Phi) is 5.33. The van der Waals surface area contributed by atoms with Crippen LogP contribution in [0.4, 0.5) is 5.69 Å². The molecule has 5 nitrogen and oxygen atoms in total. The summed E-state index contributed by atoms with van der Waals surface area (Å²) < 4.78 is 0. The Morgan fingerprint density at radius 2 is 2.14 bits per heavy atom. The largest absolute Gasteiger partial charge is 0.349 e. The Bertz CT molecular complexity index is 516. The highest BCUT2D eigenvalue weighted by Gasteiger charge is 2.27. The minimum absolute atomic E-state index is 0.0634. The first-order valence-corrected chi connectivity index (χ1v) is 7.55. The van der Waals surface area contributed by atoms with E-state index in [0.717, 1.165) is 19.3 Å². The lowest BCUT2D eigenvalue weighted by Gasteiger charge is -2.19. The molecule has 2 atom stereocenters. The molecule has 0 heterocycles. The van der Waals surface area contributed by atoms with Gasteiger partial charge in [-0.3, -0.25) is 9.59 Å². The molecule has 1 aliphatic carbocycles. The van der Waals surface area contributed by atoms with Crippen LogP contribution in [0.15, 0.2) is 24.3 Å². The number of carbonyl (C=O) groups is 2. The van der Waals surface area contributed by atoms with E-state index in [4.69, 9.17) is 5.73 Å². The second kappa shape index (κ2) is 7.22. The van der Waals surface area contributed by atoms with Gasteiger partial charge < -0.3 is 16.4 Å². The van der Waals surface area contributed by atoms with Crippen LogP contribution >= 0.6 is 0 Å². The first-order valence-electron chi connectivity index (χ1n) is 7.55. The monoisotopic (exact) mass is 289 g/mol. The number of anilines is 1. The summed E-state index contributed by atoms with van der Waals surface area (Å²) in [6.45, 7) is 2.40. The molecule has 21 heavy (non-hydrogen) atoms. The van der Waals surface area contributed by atoms with Crippen molar-refractivity contribution in [2.45, 2.75) is 38.6 Å². The number of nitrogens with two attached hydrogens (primary N) is 1. The van der Waals surface area contributed by atoms with Crippen LogP contribution in [0, 0.1) is 5.92 Å². The smallest absolute Gasteiger partial charge is 0.251 e. The van der Waals surface area contributed by atoms with Crippen molar-refractivity contribution >= 4 is 17.5 Å². The maximum absolute atomic E-state index is 12.3. The van der Waals surface area contributed by atoms with E-state index < -0.39 is 0 Å². The number of carbonyl (C=O) groups excluding carboxylic acids is 2. The fourth-order valence-electron chi connectivity index (χ4n) is 2.75. The highest BCUT2D eigenvalue weighted by Crippen LogP contribution is 2.25. The van der Waals surface area contributed by atoms with Crippen molar-refractivity contribution in [3.63, 3.8) is 0 Å². The summed E-state index contributed by atoms with van der Waals surface area (Å²) in [4.78, 5) is 23.7. The molecule has 1 aliphatic rings. The van der Waals surface area contributed by atoms with Gasteiger partial charge in [0, 0.05) is 23.7 Å². The first kappa shape index (κ1) is 15.5. The van der Waals surface area contributed by atoms with E-state index in [1.807, 2.05) is 0 Å². The number of hydrogen-bond acceptors (Lipinski definition) is 3. The van der Waals surface area contributed by atoms with Crippen molar-refractivity contribution in [1.29, 1.82) is 0 Å². The molecule has 1 fully saturated rings. The lowest BCUT2D eigenvalue weighted by atomic mass is 10.0. The van der Waals surface area contributed by atoms with Crippen LogP contribution in [0.5, 0.6) is 0 Å². The molecular weight excluding hydrogens is 266 g/mol. The highest BCUT2D eigenvalue weighted by molar-refractivity contribution is 5.97. The predicted molar refractivity (Wildman–Crippen MR) is 83.0 cm³/mol. The zero-order chi connectivity index (χ0) is 15.2. The molecule has 114 valence electrons. The lowest BCUT2D eigenvalue weighted by molar-refractivity contribution is -0.115. The Balaban J connectivity index is 2.02. The number of benzene rings is 1. The normalized spacial score (nSPS) is 21.0. The maximum atomic E-state index is 12.3. The molecule has 0 spiro atoms. The molecule has 1 aromatic carbocycles. The number of hydrogen-bond donors (Lipinski definition) is 3. The molecule has 4 N–H and O–H groups in total. The van der Waals surface area contributed by atoms with Gasteiger partial charge in [-0.15, -0.1) is 0 Å². The molecule has 0 aromatic heterocycles. The van der Waals surface area contributed by atoms with Gasteiger partial charge in [-0.1, -0.05) is 19.4 Å². The molecule has 1 aromatic rings. The standard InChI is InChI=1S/C16H23N3O2/c1-2-15(20)18-13-7-3-5-11(9-13)16(21)19-14-8-4-6-12(14)10-17/h3,5,7,9,12,14H,2,4,6,8,10,17H2,1H3,(H,18,20)(H,19,21). The Morgan fingerprint density at radius 3 is 2.86 bits per heavy atom. The quantitative estimate of drug-likeness (QED) is 0.774. The molecule has 0 bridgehead atoms. The van der Waals surface area contributed by atoms with Gasteiger partial charge in [-0.05, 0) is 43.5 Å². The molecule has 0 radical (unpaired) electrons. The summed E-state index contributed by atoms with van der Waals surface area (Å²) in [7, 11) is 0. The third-order valence-electron chi connectivity index (χ3n) is 4.01. The second-order valence-corrected chi connectivity index (χ2v) is 5.49. The van der Waals surface area contributed by atoms with E-state index in [0.29, 0.717) is 30.1 Å². The van der Waals surface area contributed by atoms with Gasteiger partial charge in [0.15, 0.2) is 0 Å². The van der Waals surface area contributed by atoms with E-state index in [-0.39, 0.29) is 17.9 Å². The summed E-state index contributed by atoms with van der Waals surface area (Å²) in [6.07, 6.45) is 3.59. The minimum atomic E-state index is -0.104. The Labute approximate surface area is 125 Å². The van der Waals surface area contributed by atoms with Gasteiger partial charge in [-0.2, -0.15) is 0 Å². The highest BCUT2D eigenvalue weighted by atomic mass is 16.2. The third kappa shape index (κ3) is 4.04. The van der Waals surface area contributed by atoms with Gasteiger partial charge in [0.05, 0.1) is 0 Å². The van der Waals surface area contributed by atoms with Gasteiger partial charge in [0.2, 0.25) is 5.91 Å². The fourth-order valence-corrected chi connectivity index (χ4v) is 2.75. The molecule has 0 aliphatic heterocycles. The number of rotatable bonds is 5. The van der Waals surface area contributed by atoms with E-state index in [2.05, 4.69) is 10.6 Å². The van der Waals surface area contributed by atoms with Crippen molar-refractivity contribution in [2.24, 2.45) is 11.7 Å². The van der Waals surface area contributed by atoms with Crippen molar-refractivity contribution < 1.29 is 9.59 Å². The molecule has 5 heteroatoms. The SMILES string of the molecule is CCC(=O)Nc1cccc(C(=O)NC2CCCC2CN)c1. The summed E-state index contributed by atoms with van der Waals surface area (Å²) >= 11 is 0. The zero-order valence-electron chi connectivity index (χ0n) is 12.4. The summed E-state index contributed by atoms with van der Waals surface area (Å²) in [5, 5.41) is 5.82. The topological polar surface area (TPSA) is 84.2 Å². The lowest BCUT2D eigenvalue weighted by Crippen LogP contribution is -2.39. The fraction of sp³-hybridized carbons (Fsp3) is 0.500. The van der Waals surface area contributed by atoms with E-state index >= 15 is 0 Å². The molecule has 2 rings (SSSR count). The molecule has 1 saturated carbocycles. The minimum Gasteiger partial charge on any atom is -0.349 e. The summed E-state index contributed by atoms with van der Waals surface area (Å²) in [6, 6.07) is 7.17. The molecule has 0 saturated heterocycles. The maximum Gasteiger partial charge on any atom is 0.251 e. The van der Waals surface area contributed by atoms with Crippen LogP contribution in [0.1, 0.15) is 43.0 Å². The van der Waals surface area contributed by atoms with Crippen LogP contribution in [0.2, 0.25) is 0 Å². The van der Waals surface area contributed by atoms with Crippen LogP contribution in [-0.4, -0.2) is 24.4 Å². The molecule has 2 unspecified atom stereocenters.